The minimum Gasteiger partial charge on any atom is -0.496 e. The van der Waals surface area contributed by atoms with Gasteiger partial charge in [0, 0.05) is 0 Å². The highest BCUT2D eigenvalue weighted by Gasteiger charge is 2.16. The number of benzene rings is 2. The lowest BCUT2D eigenvalue weighted by Crippen LogP contribution is -2.19. The summed E-state index contributed by atoms with van der Waals surface area (Å²) in [4.78, 5) is 12.4. The molecular weight excluding hydrogens is 356 g/mol. The quantitative estimate of drug-likeness (QED) is 0.408. The minimum atomic E-state index is -0.399. The van der Waals surface area contributed by atoms with Crippen molar-refractivity contribution in [1.82, 2.24) is 15.6 Å². The summed E-state index contributed by atoms with van der Waals surface area (Å²) in [5.41, 5.74) is 4.80. The van der Waals surface area contributed by atoms with Crippen LogP contribution < -0.4 is 10.2 Å². The van der Waals surface area contributed by atoms with Crippen molar-refractivity contribution in [1.29, 1.82) is 0 Å². The second-order valence-corrected chi connectivity index (χ2v) is 6.15. The van der Waals surface area contributed by atoms with E-state index in [2.05, 4.69) is 20.7 Å². The fourth-order valence-corrected chi connectivity index (χ4v) is 2.99. The van der Waals surface area contributed by atoms with Crippen LogP contribution in [0.1, 0.15) is 23.2 Å². The number of aromatic nitrogens is 2. The minimum absolute atomic E-state index is 0.293. The average Bonchev–Trinajstić information content (AvgIpc) is 3.43. The van der Waals surface area contributed by atoms with Crippen LogP contribution in [0.15, 0.2) is 70.4 Å². The summed E-state index contributed by atoms with van der Waals surface area (Å²) in [6.45, 7) is 1.75. The molecule has 0 atom stereocenters. The predicted molar refractivity (Wildman–Crippen MR) is 106 cm³/mol. The van der Waals surface area contributed by atoms with E-state index in [1.165, 1.54) is 0 Å². The number of ether oxygens (including phenoxy) is 1. The smallest absolute Gasteiger partial charge is 0.289 e. The molecule has 0 saturated heterocycles. The zero-order chi connectivity index (χ0) is 19.5. The number of hydrogen-bond acceptors (Lipinski definition) is 5. The van der Waals surface area contributed by atoms with Crippen LogP contribution in [0.3, 0.4) is 0 Å². The number of carbonyl (C=O) groups is 1. The van der Waals surface area contributed by atoms with Crippen LogP contribution in [-0.4, -0.2) is 28.9 Å². The van der Waals surface area contributed by atoms with Gasteiger partial charge in [-0.25, -0.2) is 5.43 Å². The highest BCUT2D eigenvalue weighted by Crippen LogP contribution is 2.36. The average molecular weight is 374 g/mol. The zero-order valence-electron chi connectivity index (χ0n) is 15.4. The fourth-order valence-electron chi connectivity index (χ4n) is 2.99. The van der Waals surface area contributed by atoms with Crippen molar-refractivity contribution in [3.8, 4) is 17.0 Å². The van der Waals surface area contributed by atoms with Crippen molar-refractivity contribution < 1.29 is 13.9 Å². The van der Waals surface area contributed by atoms with Crippen molar-refractivity contribution >= 4 is 22.4 Å². The normalized spacial score (nSPS) is 11.6. The number of H-pyrrole nitrogens is 1. The van der Waals surface area contributed by atoms with Gasteiger partial charge < -0.3 is 9.15 Å². The highest BCUT2D eigenvalue weighted by molar-refractivity contribution is 6.01. The van der Waals surface area contributed by atoms with E-state index < -0.39 is 5.91 Å². The van der Waals surface area contributed by atoms with E-state index >= 15 is 0 Å². The van der Waals surface area contributed by atoms with Gasteiger partial charge in [0.15, 0.2) is 0 Å². The van der Waals surface area contributed by atoms with E-state index in [1.807, 2.05) is 36.4 Å². The molecule has 0 aliphatic carbocycles. The van der Waals surface area contributed by atoms with Gasteiger partial charge in [-0.1, -0.05) is 30.3 Å². The molecule has 2 aromatic carbocycles. The van der Waals surface area contributed by atoms with Gasteiger partial charge >= 0.3 is 0 Å². The second kappa shape index (κ2) is 7.40. The molecule has 0 radical (unpaired) electrons. The van der Waals surface area contributed by atoms with Crippen molar-refractivity contribution in [2.45, 2.75) is 6.92 Å². The van der Waals surface area contributed by atoms with Crippen LogP contribution in [0, 0.1) is 0 Å². The van der Waals surface area contributed by atoms with Crippen molar-refractivity contribution in [2.24, 2.45) is 5.10 Å². The molecule has 7 nitrogen and oxygen atoms in total. The van der Waals surface area contributed by atoms with Crippen molar-refractivity contribution in [3.05, 3.63) is 72.3 Å². The summed E-state index contributed by atoms with van der Waals surface area (Å²) < 4.78 is 10.8. The summed E-state index contributed by atoms with van der Waals surface area (Å²) in [6.07, 6.45) is 1.55. The molecule has 0 unspecified atom stereocenters. The molecule has 4 aromatic rings. The largest absolute Gasteiger partial charge is 0.496 e. The Morgan fingerprint density at radius 2 is 2.04 bits per heavy atom. The number of aromatic amines is 1. The third-order valence-corrected chi connectivity index (χ3v) is 4.39. The molecule has 7 heteroatoms. The summed E-state index contributed by atoms with van der Waals surface area (Å²) in [5.74, 6) is 0.874. The first-order valence-electron chi connectivity index (χ1n) is 8.67. The van der Waals surface area contributed by atoms with Crippen molar-refractivity contribution in [2.75, 3.05) is 7.11 Å². The molecule has 0 spiro atoms. The van der Waals surface area contributed by atoms with Crippen LogP contribution >= 0.6 is 0 Å². The highest BCUT2D eigenvalue weighted by atomic mass is 16.5. The van der Waals surface area contributed by atoms with Gasteiger partial charge in [0.2, 0.25) is 0 Å². The molecule has 1 amide bonds. The number of nitrogens with zero attached hydrogens (tertiary/aromatic N) is 2. The number of rotatable bonds is 5. The van der Waals surface area contributed by atoms with Crippen LogP contribution in [-0.2, 0) is 0 Å². The van der Waals surface area contributed by atoms with E-state index in [-0.39, 0.29) is 0 Å². The molecular formula is C21H18N4O3. The van der Waals surface area contributed by atoms with Gasteiger partial charge in [0.1, 0.15) is 22.9 Å². The molecule has 0 saturated carbocycles. The molecule has 0 aliphatic heterocycles. The third-order valence-electron chi connectivity index (χ3n) is 4.39. The number of methoxy groups -OCH3 is 1. The van der Waals surface area contributed by atoms with E-state index in [0.29, 0.717) is 28.6 Å². The number of hydrogen-bond donors (Lipinski definition) is 2. The van der Waals surface area contributed by atoms with Gasteiger partial charge in [-0.05, 0) is 42.0 Å². The molecule has 0 bridgehead atoms. The topological polar surface area (TPSA) is 92.5 Å². The molecule has 2 heterocycles. The van der Waals surface area contributed by atoms with Gasteiger partial charge in [0.25, 0.3) is 5.91 Å². The first kappa shape index (κ1) is 17.5. The number of hydrazone groups is 1. The predicted octanol–water partition coefficient (Wildman–Crippen LogP) is 3.99. The molecule has 2 N–H and O–H groups in total. The Bertz CT molecular complexity index is 1160. The molecule has 0 fully saturated rings. The number of amides is 1. The van der Waals surface area contributed by atoms with Gasteiger partial charge in [-0.15, -0.1) is 0 Å². The Labute approximate surface area is 161 Å². The summed E-state index contributed by atoms with van der Waals surface area (Å²) in [5, 5.41) is 13.2. The van der Waals surface area contributed by atoms with Crippen LogP contribution in [0.5, 0.6) is 5.75 Å². The molecule has 0 aliphatic rings. The number of fused-ring (bicyclic) bond motifs is 1. The van der Waals surface area contributed by atoms with Crippen LogP contribution in [0.25, 0.3) is 22.0 Å². The number of nitrogens with one attached hydrogen (secondary N) is 2. The van der Waals surface area contributed by atoms with Gasteiger partial charge in [0.05, 0.1) is 24.6 Å². The second-order valence-electron chi connectivity index (χ2n) is 6.15. The Morgan fingerprint density at radius 3 is 2.82 bits per heavy atom. The third kappa shape index (κ3) is 3.25. The Balaban J connectivity index is 1.64. The summed E-state index contributed by atoms with van der Waals surface area (Å²) >= 11 is 0. The van der Waals surface area contributed by atoms with E-state index in [9.17, 15) is 4.79 Å². The van der Waals surface area contributed by atoms with Gasteiger partial charge in [-0.3, -0.25) is 9.89 Å². The molecule has 4 rings (SSSR count). The van der Waals surface area contributed by atoms with Gasteiger partial charge in [-0.2, -0.15) is 10.2 Å². The molecule has 28 heavy (non-hydrogen) atoms. The monoisotopic (exact) mass is 374 g/mol. The number of furan rings is 1. The first-order chi connectivity index (χ1) is 13.7. The lowest BCUT2D eigenvalue weighted by atomic mass is 10.0. The Morgan fingerprint density at radius 1 is 1.18 bits per heavy atom. The zero-order valence-corrected chi connectivity index (χ0v) is 15.4. The molecule has 2 aromatic heterocycles. The Hall–Kier alpha value is -3.87. The Kier molecular flexibility index (Phi) is 4.63. The number of carbonyl (C=O) groups excluding carboxylic acids is 1. The van der Waals surface area contributed by atoms with Crippen LogP contribution in [0.2, 0.25) is 0 Å². The lowest BCUT2D eigenvalue weighted by Gasteiger charge is -2.09. The summed E-state index contributed by atoms with van der Waals surface area (Å²) in [7, 11) is 1.61. The summed E-state index contributed by atoms with van der Waals surface area (Å²) in [6, 6.07) is 17.0. The maximum absolute atomic E-state index is 12.4. The van der Waals surface area contributed by atoms with E-state index in [1.54, 1.807) is 38.5 Å². The SMILES string of the molecule is COc1ccc2ccccc2c1-c1cc(C(=O)N/N=C(\C)c2ccco2)[nH]n1. The fraction of sp³-hybridized carbons (Fsp3) is 0.0952. The maximum atomic E-state index is 12.4. The van der Waals surface area contributed by atoms with Crippen LogP contribution in [0.4, 0.5) is 0 Å². The standard InChI is InChI=1S/C21H18N4O3/c1-13(18-8-5-11-28-18)22-25-21(26)17-12-16(23-24-17)20-15-7-4-3-6-14(15)9-10-19(20)27-2/h3-12H,1-2H3,(H,23,24)(H,25,26)/b22-13+. The van der Waals surface area contributed by atoms with Crippen molar-refractivity contribution in [3.63, 3.8) is 0 Å². The maximum Gasteiger partial charge on any atom is 0.289 e. The molecule has 140 valence electrons. The van der Waals surface area contributed by atoms with E-state index in [4.69, 9.17) is 9.15 Å². The van der Waals surface area contributed by atoms with E-state index in [0.717, 1.165) is 16.3 Å². The first-order valence-corrected chi connectivity index (χ1v) is 8.67. The lowest BCUT2D eigenvalue weighted by molar-refractivity contribution is 0.0950.